The minimum atomic E-state index is -2.91. The van der Waals surface area contributed by atoms with Gasteiger partial charge in [0.1, 0.15) is 11.8 Å². The Labute approximate surface area is 220 Å². The van der Waals surface area contributed by atoms with E-state index in [1.54, 1.807) is 6.20 Å². The Kier molecular flexibility index (Phi) is 8.71. The number of oxazole rings is 1. The van der Waals surface area contributed by atoms with Crippen LogP contribution in [0.3, 0.4) is 0 Å². The van der Waals surface area contributed by atoms with Crippen LogP contribution in [0.2, 0.25) is 0 Å². The number of nitrogens with zero attached hydrogens (tertiary/aromatic N) is 3. The molecular formula is C28H34F2N4O4. The molecule has 1 aliphatic heterocycles. The highest BCUT2D eigenvalue weighted by Crippen LogP contribution is 2.35. The number of likely N-dealkylation sites (N-methyl/N-ethyl adjacent to an activating group) is 1. The number of fused-ring (bicyclic) bond motifs is 1. The monoisotopic (exact) mass is 528 g/mol. The number of methoxy groups -OCH3 is 1. The highest BCUT2D eigenvalue weighted by molar-refractivity contribution is 5.85. The van der Waals surface area contributed by atoms with Gasteiger partial charge in [-0.3, -0.25) is 14.5 Å². The standard InChI is InChI=1S/C28H34F2N4O4/c1-4-19(35)11-6-5-7-13-22(32-25(36)23-15-28(29,30)17-34(23)2)27-31-16-24(38-27)20-14-18-10-8-9-12-21(18)33-26(20)37-3/h8-10,12,14,16,22-23H,4-7,11,13,15,17H2,1-3H3,(H,32,36)/t22-,23-/m0/s1. The summed E-state index contributed by atoms with van der Waals surface area (Å²) in [6.07, 6.45) is 4.80. The predicted octanol–water partition coefficient (Wildman–Crippen LogP) is 5.32. The molecule has 1 fully saturated rings. The first-order valence-electron chi connectivity index (χ1n) is 13.0. The number of unbranched alkanes of at least 4 members (excludes halogenated alkanes) is 2. The van der Waals surface area contributed by atoms with Gasteiger partial charge in [-0.1, -0.05) is 38.0 Å². The summed E-state index contributed by atoms with van der Waals surface area (Å²) >= 11 is 0. The zero-order valence-corrected chi connectivity index (χ0v) is 22.0. The number of benzene rings is 1. The topological polar surface area (TPSA) is 97.6 Å². The second-order valence-corrected chi connectivity index (χ2v) is 9.84. The average Bonchev–Trinajstić information content (AvgIpc) is 3.50. The fraction of sp³-hybridized carbons (Fsp3) is 0.500. The summed E-state index contributed by atoms with van der Waals surface area (Å²) in [6.45, 7) is 1.39. The maximum Gasteiger partial charge on any atom is 0.262 e. The van der Waals surface area contributed by atoms with E-state index >= 15 is 0 Å². The van der Waals surface area contributed by atoms with Crippen LogP contribution in [-0.4, -0.2) is 59.2 Å². The molecule has 0 unspecified atom stereocenters. The smallest absolute Gasteiger partial charge is 0.262 e. The number of nitrogens with one attached hydrogen (secondary N) is 1. The van der Waals surface area contributed by atoms with E-state index in [2.05, 4.69) is 15.3 Å². The molecule has 8 nitrogen and oxygen atoms in total. The summed E-state index contributed by atoms with van der Waals surface area (Å²) in [7, 11) is 3.05. The Hall–Kier alpha value is -3.40. The number of aromatic nitrogens is 2. The van der Waals surface area contributed by atoms with E-state index in [9.17, 15) is 18.4 Å². The van der Waals surface area contributed by atoms with Crippen LogP contribution in [0, 0.1) is 0 Å². The highest BCUT2D eigenvalue weighted by Gasteiger charge is 2.46. The van der Waals surface area contributed by atoms with Crippen molar-refractivity contribution < 1.29 is 27.5 Å². The van der Waals surface area contributed by atoms with Gasteiger partial charge in [0.2, 0.25) is 17.7 Å². The molecule has 1 saturated heterocycles. The van der Waals surface area contributed by atoms with Crippen molar-refractivity contribution >= 4 is 22.6 Å². The molecule has 2 aromatic heterocycles. The molecule has 1 aliphatic rings. The number of ether oxygens (including phenoxy) is 1. The van der Waals surface area contributed by atoms with Gasteiger partial charge in [0, 0.05) is 24.6 Å². The zero-order valence-electron chi connectivity index (χ0n) is 22.0. The van der Waals surface area contributed by atoms with E-state index in [4.69, 9.17) is 9.15 Å². The van der Waals surface area contributed by atoms with Crippen LogP contribution in [0.15, 0.2) is 40.9 Å². The second-order valence-electron chi connectivity index (χ2n) is 9.84. The molecule has 38 heavy (non-hydrogen) atoms. The van der Waals surface area contributed by atoms with E-state index in [1.165, 1.54) is 19.1 Å². The molecule has 0 aliphatic carbocycles. The summed E-state index contributed by atoms with van der Waals surface area (Å²) in [4.78, 5) is 35.0. The lowest BCUT2D eigenvalue weighted by Gasteiger charge is -2.22. The normalized spacial score (nSPS) is 18.0. The number of alkyl halides is 2. The van der Waals surface area contributed by atoms with Crippen molar-refractivity contribution in [2.75, 3.05) is 20.7 Å². The number of ketones is 1. The van der Waals surface area contributed by atoms with Crippen molar-refractivity contribution in [2.24, 2.45) is 0 Å². The van der Waals surface area contributed by atoms with Crippen molar-refractivity contribution in [1.82, 2.24) is 20.2 Å². The van der Waals surface area contributed by atoms with E-state index in [0.717, 1.165) is 23.7 Å². The number of para-hydroxylation sites is 1. The van der Waals surface area contributed by atoms with Gasteiger partial charge in [0.05, 0.1) is 37.0 Å². The average molecular weight is 529 g/mol. The second kappa shape index (κ2) is 12.0. The minimum Gasteiger partial charge on any atom is -0.480 e. The zero-order chi connectivity index (χ0) is 27.3. The fourth-order valence-corrected chi connectivity index (χ4v) is 4.82. The SMILES string of the molecule is CCC(=O)CCCCC[C@H](NC(=O)[C@@H]1CC(F)(F)CN1C)c1ncc(-c2cc3ccccc3nc2OC)o1. The lowest BCUT2D eigenvalue weighted by molar-refractivity contribution is -0.126. The number of halogens is 2. The quantitative estimate of drug-likeness (QED) is 0.318. The van der Waals surface area contributed by atoms with Crippen molar-refractivity contribution in [3.8, 4) is 17.2 Å². The molecule has 2 atom stereocenters. The third-order valence-corrected chi connectivity index (χ3v) is 6.94. The first kappa shape index (κ1) is 27.6. The third-order valence-electron chi connectivity index (χ3n) is 6.94. The van der Waals surface area contributed by atoms with Gasteiger partial charge in [-0.2, -0.15) is 0 Å². The summed E-state index contributed by atoms with van der Waals surface area (Å²) < 4.78 is 39.4. The van der Waals surface area contributed by atoms with Gasteiger partial charge in [0.25, 0.3) is 5.92 Å². The van der Waals surface area contributed by atoms with Crippen LogP contribution in [0.4, 0.5) is 8.78 Å². The molecule has 1 N–H and O–H groups in total. The van der Waals surface area contributed by atoms with Crippen LogP contribution in [-0.2, 0) is 9.59 Å². The van der Waals surface area contributed by atoms with Gasteiger partial charge < -0.3 is 14.5 Å². The van der Waals surface area contributed by atoms with Crippen molar-refractivity contribution in [1.29, 1.82) is 0 Å². The number of carbonyl (C=O) groups is 2. The summed E-state index contributed by atoms with van der Waals surface area (Å²) in [6, 6.07) is 7.98. The molecule has 10 heteroatoms. The Morgan fingerprint density at radius 1 is 1.26 bits per heavy atom. The Balaban J connectivity index is 1.54. The van der Waals surface area contributed by atoms with Crippen LogP contribution >= 0.6 is 0 Å². The number of carbonyl (C=O) groups excluding carboxylic acids is 2. The molecule has 0 spiro atoms. The molecule has 3 heterocycles. The molecule has 0 radical (unpaired) electrons. The van der Waals surface area contributed by atoms with Crippen molar-refractivity contribution in [3.63, 3.8) is 0 Å². The van der Waals surface area contributed by atoms with Crippen molar-refractivity contribution in [2.45, 2.75) is 69.9 Å². The van der Waals surface area contributed by atoms with Crippen molar-refractivity contribution in [3.05, 3.63) is 42.4 Å². The number of hydrogen-bond acceptors (Lipinski definition) is 7. The number of hydrogen-bond donors (Lipinski definition) is 1. The van der Waals surface area contributed by atoms with Crippen LogP contribution in [0.25, 0.3) is 22.2 Å². The first-order chi connectivity index (χ1) is 18.2. The number of likely N-dealkylation sites (tertiary alicyclic amines) is 1. The largest absolute Gasteiger partial charge is 0.480 e. The minimum absolute atomic E-state index is 0.218. The predicted molar refractivity (Wildman–Crippen MR) is 139 cm³/mol. The number of Topliss-reactive ketones (excluding diaryl/α,β-unsaturated/α-hetero) is 1. The first-order valence-corrected chi connectivity index (χ1v) is 13.0. The van der Waals surface area contributed by atoms with Crippen LogP contribution in [0.1, 0.15) is 63.8 Å². The van der Waals surface area contributed by atoms with Gasteiger partial charge in [-0.15, -0.1) is 0 Å². The van der Waals surface area contributed by atoms with E-state index < -0.39 is 36.9 Å². The Morgan fingerprint density at radius 3 is 2.76 bits per heavy atom. The van der Waals surface area contributed by atoms with Gasteiger partial charge >= 0.3 is 0 Å². The maximum atomic E-state index is 13.9. The molecule has 1 aromatic carbocycles. The Morgan fingerprint density at radius 2 is 2.05 bits per heavy atom. The molecular weight excluding hydrogens is 494 g/mol. The summed E-state index contributed by atoms with van der Waals surface area (Å²) in [5.74, 6) is -2.10. The number of rotatable bonds is 12. The lowest BCUT2D eigenvalue weighted by Crippen LogP contribution is -2.43. The van der Waals surface area contributed by atoms with Gasteiger partial charge in [-0.25, -0.2) is 18.7 Å². The molecule has 204 valence electrons. The maximum absolute atomic E-state index is 13.9. The molecule has 3 aromatic rings. The fourth-order valence-electron chi connectivity index (χ4n) is 4.82. The van der Waals surface area contributed by atoms with Crippen LogP contribution in [0.5, 0.6) is 5.88 Å². The molecule has 4 rings (SSSR count). The van der Waals surface area contributed by atoms with Gasteiger partial charge in [-0.05, 0) is 32.0 Å². The van der Waals surface area contributed by atoms with E-state index in [-0.39, 0.29) is 11.7 Å². The molecule has 0 bridgehead atoms. The van der Waals surface area contributed by atoms with E-state index in [0.29, 0.717) is 42.9 Å². The lowest BCUT2D eigenvalue weighted by atomic mass is 10.0. The van der Waals surface area contributed by atoms with Crippen LogP contribution < -0.4 is 10.1 Å². The molecule has 1 amide bonds. The van der Waals surface area contributed by atoms with Gasteiger partial charge in [0.15, 0.2) is 5.76 Å². The number of amides is 1. The highest BCUT2D eigenvalue weighted by atomic mass is 19.3. The van der Waals surface area contributed by atoms with E-state index in [1.807, 2.05) is 37.3 Å². The number of pyridine rings is 1. The molecule has 0 saturated carbocycles. The third kappa shape index (κ3) is 6.53. The summed E-state index contributed by atoms with van der Waals surface area (Å²) in [5.41, 5.74) is 1.39. The summed E-state index contributed by atoms with van der Waals surface area (Å²) in [5, 5.41) is 3.79. The Bertz CT molecular complexity index is 1280.